The number of anilines is 1. The summed E-state index contributed by atoms with van der Waals surface area (Å²) in [6.07, 6.45) is 1.67. The van der Waals surface area contributed by atoms with Crippen LogP contribution in [0, 0.1) is 6.92 Å². The molecule has 0 aliphatic carbocycles. The van der Waals surface area contributed by atoms with Gasteiger partial charge in [-0.2, -0.15) is 0 Å². The van der Waals surface area contributed by atoms with E-state index in [1.165, 1.54) is 4.40 Å². The molecule has 0 saturated carbocycles. The van der Waals surface area contributed by atoms with Crippen LogP contribution in [0.25, 0.3) is 16.7 Å². The van der Waals surface area contributed by atoms with Crippen molar-refractivity contribution in [3.05, 3.63) is 75.3 Å². The fourth-order valence-corrected chi connectivity index (χ4v) is 3.18. The number of halogens is 1. The Balaban J connectivity index is 1.88. The van der Waals surface area contributed by atoms with E-state index in [9.17, 15) is 9.59 Å². The zero-order valence-electron chi connectivity index (χ0n) is 14.2. The van der Waals surface area contributed by atoms with Crippen molar-refractivity contribution in [3.63, 3.8) is 0 Å². The van der Waals surface area contributed by atoms with E-state index in [-0.39, 0.29) is 11.5 Å². The summed E-state index contributed by atoms with van der Waals surface area (Å²) in [4.78, 5) is 30.1. The predicted molar refractivity (Wildman–Crippen MR) is 102 cm³/mol. The minimum atomic E-state index is -0.358. The summed E-state index contributed by atoms with van der Waals surface area (Å²) in [5, 5.41) is 3.60. The van der Waals surface area contributed by atoms with Gasteiger partial charge in [-0.15, -0.1) is 0 Å². The molecular formula is C19H15ClN4O2. The zero-order valence-corrected chi connectivity index (χ0v) is 14.9. The van der Waals surface area contributed by atoms with Crippen molar-refractivity contribution in [2.24, 2.45) is 7.05 Å². The van der Waals surface area contributed by atoms with E-state index in [1.54, 1.807) is 54.2 Å². The average Bonchev–Trinajstić information content (AvgIpc) is 2.96. The van der Waals surface area contributed by atoms with Gasteiger partial charge in [0, 0.05) is 13.2 Å². The van der Waals surface area contributed by atoms with Gasteiger partial charge in [-0.1, -0.05) is 29.8 Å². The smallest absolute Gasteiger partial charge is 0.272 e. The summed E-state index contributed by atoms with van der Waals surface area (Å²) in [7, 11) is 1.71. The first-order valence-corrected chi connectivity index (χ1v) is 8.38. The third kappa shape index (κ3) is 2.46. The van der Waals surface area contributed by atoms with Crippen LogP contribution in [-0.2, 0) is 7.05 Å². The number of pyridine rings is 1. The predicted octanol–water partition coefficient (Wildman–Crippen LogP) is 3.40. The third-order valence-electron chi connectivity index (χ3n) is 4.38. The van der Waals surface area contributed by atoms with Gasteiger partial charge in [-0.3, -0.25) is 14.0 Å². The molecule has 130 valence electrons. The van der Waals surface area contributed by atoms with Crippen molar-refractivity contribution < 1.29 is 4.79 Å². The number of hydrogen-bond donors (Lipinski definition) is 1. The second-order valence-electron chi connectivity index (χ2n) is 6.06. The van der Waals surface area contributed by atoms with Gasteiger partial charge in [0.2, 0.25) is 0 Å². The lowest BCUT2D eigenvalue weighted by Gasteiger charge is -2.08. The van der Waals surface area contributed by atoms with E-state index < -0.39 is 0 Å². The Morgan fingerprint density at radius 2 is 1.92 bits per heavy atom. The van der Waals surface area contributed by atoms with E-state index in [0.717, 1.165) is 5.56 Å². The van der Waals surface area contributed by atoms with E-state index in [1.807, 2.05) is 13.0 Å². The molecule has 4 rings (SSSR count). The molecular weight excluding hydrogens is 352 g/mol. The standard InChI is InChI=1S/C19H15ClN4O2/c1-11-6-5-9-24-16(11)22-17-12(19(24)26)10-15(23(17)2)18(25)21-14-8-4-3-7-13(14)20/h3-10H,1-2H3,(H,21,25). The molecule has 3 heterocycles. The van der Waals surface area contributed by atoms with E-state index in [0.29, 0.717) is 33.1 Å². The molecule has 0 atom stereocenters. The SMILES string of the molecule is Cc1cccn2c(=O)c3cc(C(=O)Nc4ccccc4Cl)n(C)c3nc12. The zero-order chi connectivity index (χ0) is 18.4. The molecule has 0 fully saturated rings. The third-order valence-corrected chi connectivity index (χ3v) is 4.71. The van der Waals surface area contributed by atoms with Gasteiger partial charge in [0.25, 0.3) is 11.5 Å². The molecule has 0 spiro atoms. The highest BCUT2D eigenvalue weighted by atomic mass is 35.5. The van der Waals surface area contributed by atoms with Crippen molar-refractivity contribution >= 4 is 39.9 Å². The maximum atomic E-state index is 12.8. The average molecular weight is 367 g/mol. The molecule has 1 amide bonds. The Bertz CT molecular complexity index is 1240. The maximum Gasteiger partial charge on any atom is 0.272 e. The Morgan fingerprint density at radius 1 is 1.15 bits per heavy atom. The summed E-state index contributed by atoms with van der Waals surface area (Å²) in [5.74, 6) is -0.358. The Kier molecular flexibility index (Phi) is 3.77. The second kappa shape index (κ2) is 6.00. The van der Waals surface area contributed by atoms with Crippen LogP contribution >= 0.6 is 11.6 Å². The lowest BCUT2D eigenvalue weighted by atomic mass is 10.2. The molecule has 0 aliphatic rings. The monoisotopic (exact) mass is 366 g/mol. The Hall–Kier alpha value is -3.12. The van der Waals surface area contributed by atoms with Gasteiger partial charge >= 0.3 is 0 Å². The molecule has 6 nitrogen and oxygen atoms in total. The van der Waals surface area contributed by atoms with Crippen LogP contribution < -0.4 is 10.9 Å². The van der Waals surface area contributed by atoms with Crippen molar-refractivity contribution in [1.29, 1.82) is 0 Å². The number of amides is 1. The normalized spacial score (nSPS) is 11.2. The summed E-state index contributed by atoms with van der Waals surface area (Å²) >= 11 is 6.10. The molecule has 0 bridgehead atoms. The number of carbonyl (C=O) groups is 1. The van der Waals surface area contributed by atoms with E-state index in [2.05, 4.69) is 10.3 Å². The summed E-state index contributed by atoms with van der Waals surface area (Å²) in [6.45, 7) is 1.89. The Labute approximate surface area is 153 Å². The van der Waals surface area contributed by atoms with Gasteiger partial charge in [0.05, 0.1) is 16.1 Å². The number of para-hydroxylation sites is 1. The topological polar surface area (TPSA) is 68.4 Å². The highest BCUT2D eigenvalue weighted by molar-refractivity contribution is 6.33. The molecule has 1 aromatic carbocycles. The quantitative estimate of drug-likeness (QED) is 0.591. The minimum Gasteiger partial charge on any atom is -0.324 e. The highest BCUT2D eigenvalue weighted by Crippen LogP contribution is 2.22. The largest absolute Gasteiger partial charge is 0.324 e. The maximum absolute atomic E-state index is 12.8. The fourth-order valence-electron chi connectivity index (χ4n) is 3.00. The van der Waals surface area contributed by atoms with Gasteiger partial charge < -0.3 is 9.88 Å². The molecule has 0 saturated heterocycles. The molecule has 26 heavy (non-hydrogen) atoms. The van der Waals surface area contributed by atoms with Crippen LogP contribution in [0.15, 0.2) is 53.5 Å². The summed E-state index contributed by atoms with van der Waals surface area (Å²) in [6, 6.07) is 12.2. The number of rotatable bonds is 2. The fraction of sp³-hybridized carbons (Fsp3) is 0.105. The second-order valence-corrected chi connectivity index (χ2v) is 6.47. The van der Waals surface area contributed by atoms with E-state index >= 15 is 0 Å². The van der Waals surface area contributed by atoms with Gasteiger partial charge in [-0.25, -0.2) is 4.98 Å². The van der Waals surface area contributed by atoms with Crippen LogP contribution in [0.4, 0.5) is 5.69 Å². The minimum absolute atomic E-state index is 0.207. The number of aryl methyl sites for hydroxylation is 2. The van der Waals surface area contributed by atoms with Crippen LogP contribution in [0.5, 0.6) is 0 Å². The summed E-state index contributed by atoms with van der Waals surface area (Å²) < 4.78 is 3.11. The number of fused-ring (bicyclic) bond motifs is 2. The molecule has 7 heteroatoms. The Morgan fingerprint density at radius 3 is 2.69 bits per heavy atom. The lowest BCUT2D eigenvalue weighted by molar-refractivity contribution is 0.101. The van der Waals surface area contributed by atoms with Crippen LogP contribution in [-0.4, -0.2) is 19.9 Å². The molecule has 0 unspecified atom stereocenters. The number of hydrogen-bond acceptors (Lipinski definition) is 3. The van der Waals surface area contributed by atoms with Crippen LogP contribution in [0.3, 0.4) is 0 Å². The van der Waals surface area contributed by atoms with E-state index in [4.69, 9.17) is 11.6 Å². The first kappa shape index (κ1) is 16.4. The van der Waals surface area contributed by atoms with Gasteiger partial charge in [0.15, 0.2) is 0 Å². The summed E-state index contributed by atoms with van der Waals surface area (Å²) in [5.41, 5.74) is 2.56. The number of nitrogens with one attached hydrogen (secondary N) is 1. The molecule has 3 aromatic heterocycles. The van der Waals surface area contributed by atoms with Gasteiger partial charge in [-0.05, 0) is 36.8 Å². The van der Waals surface area contributed by atoms with Crippen LogP contribution in [0.1, 0.15) is 16.1 Å². The molecule has 4 aromatic rings. The molecule has 0 radical (unpaired) electrons. The highest BCUT2D eigenvalue weighted by Gasteiger charge is 2.18. The van der Waals surface area contributed by atoms with Crippen molar-refractivity contribution in [1.82, 2.24) is 14.0 Å². The van der Waals surface area contributed by atoms with Crippen molar-refractivity contribution in [2.75, 3.05) is 5.32 Å². The van der Waals surface area contributed by atoms with Crippen molar-refractivity contribution in [2.45, 2.75) is 6.92 Å². The first-order valence-electron chi connectivity index (χ1n) is 8.00. The number of aromatic nitrogens is 3. The number of nitrogens with zero attached hydrogens (tertiary/aromatic N) is 3. The number of carbonyl (C=O) groups excluding carboxylic acids is 1. The number of benzene rings is 1. The first-order chi connectivity index (χ1) is 12.5. The van der Waals surface area contributed by atoms with Crippen molar-refractivity contribution in [3.8, 4) is 0 Å². The molecule has 1 N–H and O–H groups in total. The van der Waals surface area contributed by atoms with Gasteiger partial charge in [0.1, 0.15) is 17.0 Å². The lowest BCUT2D eigenvalue weighted by Crippen LogP contribution is -2.16. The van der Waals surface area contributed by atoms with Crippen LogP contribution in [0.2, 0.25) is 5.02 Å². The molecule has 0 aliphatic heterocycles.